The molecule has 0 aliphatic carbocycles. The monoisotopic (exact) mass is 372 g/mol. The van der Waals surface area contributed by atoms with Crippen LogP contribution in [0, 0.1) is 27.2 Å². The quantitative estimate of drug-likeness (QED) is 0.377. The average Bonchev–Trinajstić information content (AvgIpc) is 2.63. The van der Waals surface area contributed by atoms with E-state index in [2.05, 4.69) is 9.97 Å². The van der Waals surface area contributed by atoms with Crippen molar-refractivity contribution in [3.63, 3.8) is 0 Å². The summed E-state index contributed by atoms with van der Waals surface area (Å²) < 4.78 is 0. The summed E-state index contributed by atoms with van der Waals surface area (Å²) in [6.45, 7) is 1.97. The summed E-state index contributed by atoms with van der Waals surface area (Å²) in [6, 6.07) is 13.3. The molecule has 0 saturated heterocycles. The number of nitro groups is 2. The van der Waals surface area contributed by atoms with Crippen molar-refractivity contribution in [1.29, 1.82) is 0 Å². The van der Waals surface area contributed by atoms with Gasteiger partial charge in [-0.2, -0.15) is 0 Å². The zero-order valence-corrected chi connectivity index (χ0v) is 14.3. The van der Waals surface area contributed by atoms with Gasteiger partial charge in [0.25, 0.3) is 5.69 Å². The highest BCUT2D eigenvalue weighted by atomic mass is 35.5. The van der Waals surface area contributed by atoms with E-state index in [-0.39, 0.29) is 16.5 Å². The lowest BCUT2D eigenvalue weighted by molar-refractivity contribution is -0.385. The number of hydrogen-bond acceptors (Lipinski definition) is 6. The first kappa shape index (κ1) is 18.9. The van der Waals surface area contributed by atoms with Gasteiger partial charge in [-0.3, -0.25) is 20.2 Å². The summed E-state index contributed by atoms with van der Waals surface area (Å²) >= 11 is 5.37. The molecule has 2 heterocycles. The molecule has 0 spiro atoms. The van der Waals surface area contributed by atoms with Gasteiger partial charge in [0, 0.05) is 30.1 Å². The highest BCUT2D eigenvalue weighted by Crippen LogP contribution is 2.26. The van der Waals surface area contributed by atoms with Gasteiger partial charge in [0.1, 0.15) is 5.69 Å². The molecule has 0 amide bonds. The van der Waals surface area contributed by atoms with Gasteiger partial charge in [-0.25, -0.2) is 9.97 Å². The summed E-state index contributed by atoms with van der Waals surface area (Å²) in [5.41, 5.74) is 2.16. The van der Waals surface area contributed by atoms with Gasteiger partial charge in [0.15, 0.2) is 0 Å². The zero-order valence-electron chi connectivity index (χ0n) is 13.6. The largest absolute Gasteiger partial charge is 0.306 e. The minimum Gasteiger partial charge on any atom is -0.258 e. The fourth-order valence-corrected chi connectivity index (χ4v) is 2.18. The fraction of sp³-hybridized carbons (Fsp3) is 0.0588. The second kappa shape index (κ2) is 8.63. The highest BCUT2D eigenvalue weighted by molar-refractivity contribution is 6.31. The summed E-state index contributed by atoms with van der Waals surface area (Å²) in [5.74, 6) is 0. The van der Waals surface area contributed by atoms with Gasteiger partial charge in [-0.05, 0) is 19.1 Å². The zero-order chi connectivity index (χ0) is 19.1. The number of aromatic nitrogens is 2. The summed E-state index contributed by atoms with van der Waals surface area (Å²) in [7, 11) is 0. The van der Waals surface area contributed by atoms with Gasteiger partial charge in [0.2, 0.25) is 5.15 Å². The van der Waals surface area contributed by atoms with Crippen molar-refractivity contribution in [3.05, 3.63) is 91.9 Å². The van der Waals surface area contributed by atoms with E-state index in [4.69, 9.17) is 11.6 Å². The van der Waals surface area contributed by atoms with E-state index in [0.29, 0.717) is 5.69 Å². The van der Waals surface area contributed by atoms with Gasteiger partial charge >= 0.3 is 5.69 Å². The average molecular weight is 373 g/mol. The Bertz CT molecular complexity index is 932. The molecular formula is C17H13ClN4O4. The van der Waals surface area contributed by atoms with Crippen LogP contribution in [0.2, 0.25) is 5.15 Å². The van der Waals surface area contributed by atoms with E-state index in [1.54, 1.807) is 12.3 Å². The van der Waals surface area contributed by atoms with Crippen LogP contribution in [0.1, 0.15) is 5.56 Å². The van der Waals surface area contributed by atoms with Crippen LogP contribution in [0.25, 0.3) is 11.3 Å². The normalized spacial score (nSPS) is 9.77. The van der Waals surface area contributed by atoms with Crippen LogP contribution in [-0.2, 0) is 0 Å². The molecular weight excluding hydrogens is 360 g/mol. The predicted octanol–water partition coefficient (Wildman–Crippen LogP) is 4.61. The second-order valence-corrected chi connectivity index (χ2v) is 5.42. The lowest BCUT2D eigenvalue weighted by atomic mass is 10.1. The van der Waals surface area contributed by atoms with Crippen molar-refractivity contribution in [1.82, 2.24) is 9.97 Å². The Labute approximate surface area is 153 Å². The smallest absolute Gasteiger partial charge is 0.258 e. The molecule has 0 unspecified atom stereocenters. The first-order chi connectivity index (χ1) is 12.4. The molecule has 0 fully saturated rings. The lowest BCUT2D eigenvalue weighted by Gasteiger charge is -2.01. The molecule has 0 radical (unpaired) electrons. The number of aryl methyl sites for hydroxylation is 1. The van der Waals surface area contributed by atoms with Gasteiger partial charge in [-0.1, -0.05) is 41.4 Å². The van der Waals surface area contributed by atoms with Gasteiger partial charge < -0.3 is 0 Å². The predicted molar refractivity (Wildman–Crippen MR) is 97.0 cm³/mol. The molecule has 1 aromatic carbocycles. The molecule has 3 aromatic rings. The molecule has 2 aromatic heterocycles. The molecule has 0 bridgehead atoms. The maximum absolute atomic E-state index is 10.8. The van der Waals surface area contributed by atoms with Crippen molar-refractivity contribution >= 4 is 23.0 Å². The SMILES string of the molecule is Cc1ccc(-c2ncccc2[N+](=O)[O-])cc1.O=[N+]([O-])c1cccnc1Cl. The molecule has 0 aliphatic rings. The maximum atomic E-state index is 10.8. The topological polar surface area (TPSA) is 112 Å². The second-order valence-electron chi connectivity index (χ2n) is 5.06. The van der Waals surface area contributed by atoms with Crippen LogP contribution in [0.3, 0.4) is 0 Å². The number of benzene rings is 1. The molecule has 8 nitrogen and oxygen atoms in total. The van der Waals surface area contributed by atoms with Crippen molar-refractivity contribution in [3.8, 4) is 11.3 Å². The molecule has 9 heteroatoms. The van der Waals surface area contributed by atoms with Crippen LogP contribution in [-0.4, -0.2) is 19.8 Å². The third-order valence-electron chi connectivity index (χ3n) is 3.24. The van der Waals surface area contributed by atoms with Gasteiger partial charge in [0.05, 0.1) is 9.85 Å². The Morgan fingerprint density at radius 2 is 1.38 bits per heavy atom. The minimum atomic E-state index is -0.574. The Morgan fingerprint density at radius 3 is 1.88 bits per heavy atom. The van der Waals surface area contributed by atoms with E-state index in [1.165, 1.54) is 24.4 Å². The van der Waals surface area contributed by atoms with E-state index in [9.17, 15) is 20.2 Å². The number of pyridine rings is 2. The van der Waals surface area contributed by atoms with Crippen LogP contribution >= 0.6 is 11.6 Å². The van der Waals surface area contributed by atoms with E-state index in [1.807, 2.05) is 31.2 Å². The minimum absolute atomic E-state index is 0.0337. The molecule has 3 rings (SSSR count). The third kappa shape index (κ3) is 4.81. The van der Waals surface area contributed by atoms with E-state index >= 15 is 0 Å². The summed E-state index contributed by atoms with van der Waals surface area (Å²) in [4.78, 5) is 27.5. The summed E-state index contributed by atoms with van der Waals surface area (Å²) in [6.07, 6.45) is 2.96. The molecule has 0 atom stereocenters. The number of rotatable bonds is 3. The third-order valence-corrected chi connectivity index (χ3v) is 3.54. The number of halogens is 1. The number of hydrogen-bond donors (Lipinski definition) is 0. The highest BCUT2D eigenvalue weighted by Gasteiger charge is 2.15. The van der Waals surface area contributed by atoms with Crippen molar-refractivity contribution in [2.45, 2.75) is 6.92 Å². The Morgan fingerprint density at radius 1 is 0.846 bits per heavy atom. The van der Waals surface area contributed by atoms with Crippen LogP contribution in [0.4, 0.5) is 11.4 Å². The number of nitrogens with zero attached hydrogens (tertiary/aromatic N) is 4. The van der Waals surface area contributed by atoms with Crippen LogP contribution in [0.5, 0.6) is 0 Å². The first-order valence-electron chi connectivity index (χ1n) is 7.31. The Kier molecular flexibility index (Phi) is 6.29. The maximum Gasteiger partial charge on any atom is 0.306 e. The van der Waals surface area contributed by atoms with Crippen molar-refractivity contribution in [2.24, 2.45) is 0 Å². The Balaban J connectivity index is 0.000000209. The lowest BCUT2D eigenvalue weighted by Crippen LogP contribution is -1.93. The molecule has 0 saturated carbocycles. The first-order valence-corrected chi connectivity index (χ1v) is 7.69. The van der Waals surface area contributed by atoms with Crippen molar-refractivity contribution < 1.29 is 9.85 Å². The van der Waals surface area contributed by atoms with Crippen molar-refractivity contribution in [2.75, 3.05) is 0 Å². The Hall–Kier alpha value is -3.39. The van der Waals surface area contributed by atoms with E-state index < -0.39 is 9.85 Å². The van der Waals surface area contributed by atoms with Crippen LogP contribution in [0.15, 0.2) is 60.9 Å². The molecule has 26 heavy (non-hydrogen) atoms. The standard InChI is InChI=1S/C12H10N2O2.C5H3ClN2O2/c1-9-4-6-10(7-5-9)12-11(14(15)16)3-2-8-13-12;6-5-4(8(9)10)2-1-3-7-5/h2-8H,1H3;1-3H. The van der Waals surface area contributed by atoms with Gasteiger partial charge in [-0.15, -0.1) is 0 Å². The molecule has 132 valence electrons. The summed E-state index contributed by atoms with van der Waals surface area (Å²) in [5, 5.41) is 20.9. The molecule has 0 aliphatic heterocycles. The van der Waals surface area contributed by atoms with E-state index in [0.717, 1.165) is 11.1 Å². The molecule has 0 N–H and O–H groups in total. The fourth-order valence-electron chi connectivity index (χ4n) is 1.99. The van der Waals surface area contributed by atoms with Crippen LogP contribution < -0.4 is 0 Å².